The highest BCUT2D eigenvalue weighted by molar-refractivity contribution is 5.85. The van der Waals surface area contributed by atoms with E-state index in [1.807, 2.05) is 4.90 Å². The van der Waals surface area contributed by atoms with Crippen molar-refractivity contribution in [2.75, 3.05) is 19.6 Å². The number of aryl methyl sites for hydroxylation is 1. The summed E-state index contributed by atoms with van der Waals surface area (Å²) in [4.78, 5) is 14.1. The maximum Gasteiger partial charge on any atom is 0.222 e. The number of amides is 1. The molecule has 2 fully saturated rings. The average Bonchev–Trinajstić information content (AvgIpc) is 3.38. The Balaban J connectivity index is 0.00000208. The third-order valence-electron chi connectivity index (χ3n) is 4.86. The van der Waals surface area contributed by atoms with Gasteiger partial charge in [0.05, 0.1) is 0 Å². The predicted octanol–water partition coefficient (Wildman–Crippen LogP) is 3.31. The Kier molecular flexibility index (Phi) is 6.99. The molecule has 6 heteroatoms. The van der Waals surface area contributed by atoms with Crippen molar-refractivity contribution in [2.45, 2.75) is 44.6 Å². The largest absolute Gasteiger partial charge is 0.343 e. The fraction of sp³-hybridized carbons (Fsp3) is 0.611. The monoisotopic (exact) mass is 358 g/mol. The van der Waals surface area contributed by atoms with Crippen LogP contribution in [0, 0.1) is 17.6 Å². The lowest BCUT2D eigenvalue weighted by Gasteiger charge is -2.32. The van der Waals surface area contributed by atoms with Crippen molar-refractivity contribution >= 4 is 18.3 Å². The van der Waals surface area contributed by atoms with Gasteiger partial charge in [-0.05, 0) is 68.3 Å². The number of likely N-dealkylation sites (tertiary alicyclic amines) is 1. The van der Waals surface area contributed by atoms with Gasteiger partial charge in [-0.3, -0.25) is 4.79 Å². The fourth-order valence-electron chi connectivity index (χ4n) is 3.12. The zero-order chi connectivity index (χ0) is 16.2. The molecule has 1 saturated carbocycles. The molecule has 0 spiro atoms. The van der Waals surface area contributed by atoms with Crippen LogP contribution in [0.25, 0.3) is 0 Å². The second-order valence-electron chi connectivity index (χ2n) is 6.74. The molecule has 24 heavy (non-hydrogen) atoms. The van der Waals surface area contributed by atoms with Crippen molar-refractivity contribution in [1.82, 2.24) is 10.2 Å². The smallest absolute Gasteiger partial charge is 0.222 e. The molecule has 0 radical (unpaired) electrons. The first-order chi connectivity index (χ1) is 11.1. The number of piperidine rings is 1. The molecular weight excluding hydrogens is 334 g/mol. The van der Waals surface area contributed by atoms with Gasteiger partial charge in [-0.25, -0.2) is 8.78 Å². The van der Waals surface area contributed by atoms with Gasteiger partial charge in [0, 0.05) is 25.6 Å². The molecule has 0 bridgehead atoms. The van der Waals surface area contributed by atoms with E-state index in [1.54, 1.807) is 0 Å². The molecule has 1 saturated heterocycles. The molecule has 1 aliphatic heterocycles. The van der Waals surface area contributed by atoms with Gasteiger partial charge in [-0.2, -0.15) is 0 Å². The molecule has 0 atom stereocenters. The Morgan fingerprint density at radius 2 is 1.88 bits per heavy atom. The van der Waals surface area contributed by atoms with Gasteiger partial charge in [0.2, 0.25) is 5.91 Å². The molecule has 3 nitrogen and oxygen atoms in total. The third kappa shape index (κ3) is 5.42. The topological polar surface area (TPSA) is 32.3 Å². The Labute approximate surface area is 148 Å². The van der Waals surface area contributed by atoms with E-state index in [4.69, 9.17) is 0 Å². The van der Waals surface area contributed by atoms with Crippen molar-refractivity contribution < 1.29 is 13.6 Å². The lowest BCUT2D eigenvalue weighted by atomic mass is 10.0. The summed E-state index contributed by atoms with van der Waals surface area (Å²) in [5, 5.41) is 3.59. The number of hydrogen-bond donors (Lipinski definition) is 1. The highest BCUT2D eigenvalue weighted by Crippen LogP contribution is 2.28. The Morgan fingerprint density at radius 3 is 2.54 bits per heavy atom. The minimum atomic E-state index is -0.462. The molecule has 1 aromatic rings. The van der Waals surface area contributed by atoms with Gasteiger partial charge >= 0.3 is 0 Å². The SMILES string of the molecule is Cl.O=C(CCc1cc(F)ccc1F)N1CCC(NCC2CC2)CC1. The number of carbonyl (C=O) groups excluding carboxylic acids is 1. The average molecular weight is 359 g/mol. The van der Waals surface area contributed by atoms with Gasteiger partial charge in [0.15, 0.2) is 0 Å². The van der Waals surface area contributed by atoms with Gasteiger partial charge in [0.25, 0.3) is 0 Å². The van der Waals surface area contributed by atoms with Crippen molar-refractivity contribution in [2.24, 2.45) is 5.92 Å². The van der Waals surface area contributed by atoms with Crippen molar-refractivity contribution in [3.63, 3.8) is 0 Å². The number of nitrogens with zero attached hydrogens (tertiary/aromatic N) is 1. The number of benzene rings is 1. The van der Waals surface area contributed by atoms with E-state index < -0.39 is 11.6 Å². The van der Waals surface area contributed by atoms with Crippen molar-refractivity contribution in [3.05, 3.63) is 35.4 Å². The van der Waals surface area contributed by atoms with Crippen LogP contribution in [0.3, 0.4) is 0 Å². The molecule has 1 heterocycles. The number of carbonyl (C=O) groups is 1. The number of rotatable bonds is 6. The molecule has 1 amide bonds. The van der Waals surface area contributed by atoms with Crippen LogP contribution in [0.1, 0.15) is 37.7 Å². The van der Waals surface area contributed by atoms with Crippen LogP contribution in [0.5, 0.6) is 0 Å². The molecule has 1 N–H and O–H groups in total. The van der Waals surface area contributed by atoms with Gasteiger partial charge in [-0.15, -0.1) is 12.4 Å². The molecule has 1 aliphatic carbocycles. The van der Waals surface area contributed by atoms with E-state index in [0.29, 0.717) is 6.04 Å². The summed E-state index contributed by atoms with van der Waals surface area (Å²) in [5.41, 5.74) is 0.277. The molecule has 2 aliphatic rings. The molecule has 134 valence electrons. The quantitative estimate of drug-likeness (QED) is 0.846. The first-order valence-electron chi connectivity index (χ1n) is 8.57. The first-order valence-corrected chi connectivity index (χ1v) is 8.57. The summed E-state index contributed by atoms with van der Waals surface area (Å²) < 4.78 is 26.7. The lowest BCUT2D eigenvalue weighted by Crippen LogP contribution is -2.45. The second kappa shape index (κ2) is 8.77. The molecule has 0 aromatic heterocycles. The summed E-state index contributed by atoms with van der Waals surface area (Å²) in [6.07, 6.45) is 5.14. The van der Waals surface area contributed by atoms with Gasteiger partial charge in [0.1, 0.15) is 11.6 Å². The molecular formula is C18H25ClF2N2O. The molecule has 3 rings (SSSR count). The molecule has 0 unspecified atom stereocenters. The summed E-state index contributed by atoms with van der Waals surface area (Å²) in [6, 6.07) is 3.91. The third-order valence-corrected chi connectivity index (χ3v) is 4.86. The summed E-state index contributed by atoms with van der Waals surface area (Å²) in [6.45, 7) is 2.62. The normalized spacial score (nSPS) is 18.3. The Bertz CT molecular complexity index is 558. The summed E-state index contributed by atoms with van der Waals surface area (Å²) >= 11 is 0. The van der Waals surface area contributed by atoms with Crippen molar-refractivity contribution in [1.29, 1.82) is 0 Å². The zero-order valence-electron chi connectivity index (χ0n) is 13.8. The standard InChI is InChI=1S/C18H24F2N2O.ClH/c19-15-4-5-17(20)14(11-15)3-6-18(23)22-9-7-16(8-10-22)21-12-13-1-2-13;/h4-5,11,13,16,21H,1-3,6-10,12H2;1H. The van der Waals surface area contributed by atoms with E-state index in [2.05, 4.69) is 5.32 Å². The van der Waals surface area contributed by atoms with Crippen LogP contribution in [0.2, 0.25) is 0 Å². The first kappa shape index (κ1) is 19.1. The van der Waals surface area contributed by atoms with Crippen LogP contribution >= 0.6 is 12.4 Å². The van der Waals surface area contributed by atoms with Crippen LogP contribution in [0.15, 0.2) is 18.2 Å². The Hall–Kier alpha value is -1.20. The summed E-state index contributed by atoms with van der Waals surface area (Å²) in [7, 11) is 0. The number of hydrogen-bond acceptors (Lipinski definition) is 2. The number of halogens is 3. The van der Waals surface area contributed by atoms with Crippen LogP contribution in [-0.4, -0.2) is 36.5 Å². The maximum absolute atomic E-state index is 13.6. The van der Waals surface area contributed by atoms with E-state index in [9.17, 15) is 13.6 Å². The highest BCUT2D eigenvalue weighted by Gasteiger charge is 2.25. The molecule has 1 aromatic carbocycles. The zero-order valence-corrected chi connectivity index (χ0v) is 14.6. The lowest BCUT2D eigenvalue weighted by molar-refractivity contribution is -0.132. The van der Waals surface area contributed by atoms with Crippen LogP contribution in [0.4, 0.5) is 8.78 Å². The minimum Gasteiger partial charge on any atom is -0.343 e. The predicted molar refractivity (Wildman–Crippen MR) is 92.3 cm³/mol. The van der Waals surface area contributed by atoms with Gasteiger partial charge in [-0.1, -0.05) is 0 Å². The fourth-order valence-corrected chi connectivity index (χ4v) is 3.12. The van der Waals surface area contributed by atoms with E-state index in [-0.39, 0.29) is 36.7 Å². The van der Waals surface area contributed by atoms with E-state index in [0.717, 1.165) is 50.5 Å². The second-order valence-corrected chi connectivity index (χ2v) is 6.74. The number of nitrogens with one attached hydrogen (secondary N) is 1. The van der Waals surface area contributed by atoms with Crippen LogP contribution < -0.4 is 5.32 Å². The maximum atomic E-state index is 13.6. The van der Waals surface area contributed by atoms with E-state index >= 15 is 0 Å². The van der Waals surface area contributed by atoms with Crippen molar-refractivity contribution in [3.8, 4) is 0 Å². The highest BCUT2D eigenvalue weighted by atomic mass is 35.5. The van der Waals surface area contributed by atoms with Crippen LogP contribution in [-0.2, 0) is 11.2 Å². The van der Waals surface area contributed by atoms with Gasteiger partial charge < -0.3 is 10.2 Å². The Morgan fingerprint density at radius 1 is 1.17 bits per heavy atom. The van der Waals surface area contributed by atoms with E-state index in [1.165, 1.54) is 18.9 Å². The summed E-state index contributed by atoms with van der Waals surface area (Å²) in [5.74, 6) is 0.00344. The minimum absolute atomic E-state index is 0.